The van der Waals surface area contributed by atoms with E-state index in [4.69, 9.17) is 10.5 Å². The number of carbonyl (C=O) groups is 1. The fourth-order valence-electron chi connectivity index (χ4n) is 1.46. The maximum absolute atomic E-state index is 11.1. The number of nitrogens with one attached hydrogen (secondary N) is 1. The van der Waals surface area contributed by atoms with Crippen molar-refractivity contribution in [2.75, 3.05) is 13.2 Å². The van der Waals surface area contributed by atoms with E-state index in [1.165, 1.54) is 0 Å². The SMILES string of the molecule is Cl.NC12COC(CNC1=O)C2. The zero-order valence-electron chi connectivity index (χ0n) is 6.00. The topological polar surface area (TPSA) is 64.3 Å². The molecule has 2 heterocycles. The fraction of sp³-hybridized carbons (Fsp3) is 0.833. The largest absolute Gasteiger partial charge is 0.374 e. The molecule has 64 valence electrons. The molecule has 2 bridgehead atoms. The molecule has 2 fully saturated rings. The third kappa shape index (κ3) is 1.21. The molecule has 2 aliphatic heterocycles. The Labute approximate surface area is 70.9 Å². The van der Waals surface area contributed by atoms with Crippen LogP contribution in [-0.2, 0) is 9.53 Å². The van der Waals surface area contributed by atoms with Gasteiger partial charge in [0.1, 0.15) is 5.54 Å². The normalized spacial score (nSPS) is 41.2. The lowest BCUT2D eigenvalue weighted by Gasteiger charge is -2.25. The second kappa shape index (κ2) is 2.62. The maximum atomic E-state index is 11.1. The zero-order chi connectivity index (χ0) is 7.19. The van der Waals surface area contributed by atoms with Crippen LogP contribution in [-0.4, -0.2) is 30.7 Å². The summed E-state index contributed by atoms with van der Waals surface area (Å²) < 4.78 is 5.24. The number of halogens is 1. The first kappa shape index (κ1) is 8.77. The van der Waals surface area contributed by atoms with Gasteiger partial charge >= 0.3 is 0 Å². The van der Waals surface area contributed by atoms with Gasteiger partial charge in [0, 0.05) is 13.0 Å². The number of nitrogens with two attached hydrogens (primary N) is 1. The van der Waals surface area contributed by atoms with E-state index in [0.29, 0.717) is 19.6 Å². The van der Waals surface area contributed by atoms with E-state index in [0.717, 1.165) is 0 Å². The molecule has 2 aliphatic rings. The van der Waals surface area contributed by atoms with Crippen LogP contribution >= 0.6 is 12.4 Å². The Bertz CT molecular complexity index is 187. The lowest BCUT2D eigenvalue weighted by atomic mass is 9.93. The van der Waals surface area contributed by atoms with Crippen LogP contribution in [0.15, 0.2) is 0 Å². The molecule has 2 atom stereocenters. The second-order valence-electron chi connectivity index (χ2n) is 3.00. The third-order valence-electron chi connectivity index (χ3n) is 2.11. The Balaban J connectivity index is 0.000000605. The number of hydrogen-bond acceptors (Lipinski definition) is 3. The van der Waals surface area contributed by atoms with Crippen LogP contribution in [0.25, 0.3) is 0 Å². The third-order valence-corrected chi connectivity index (χ3v) is 2.11. The van der Waals surface area contributed by atoms with Crippen LogP contribution < -0.4 is 11.1 Å². The molecule has 0 aliphatic carbocycles. The Morgan fingerprint density at radius 1 is 1.73 bits per heavy atom. The van der Waals surface area contributed by atoms with Gasteiger partial charge in [-0.05, 0) is 0 Å². The molecule has 0 aromatic carbocycles. The van der Waals surface area contributed by atoms with Crippen molar-refractivity contribution in [3.8, 4) is 0 Å². The monoisotopic (exact) mass is 178 g/mol. The van der Waals surface area contributed by atoms with Crippen molar-refractivity contribution in [2.45, 2.75) is 18.1 Å². The number of carbonyl (C=O) groups excluding carboxylic acids is 1. The number of piperidine rings is 1. The summed E-state index contributed by atoms with van der Waals surface area (Å²) in [4.78, 5) is 11.1. The summed E-state index contributed by atoms with van der Waals surface area (Å²) in [6.45, 7) is 1.00. The van der Waals surface area contributed by atoms with Gasteiger partial charge in [0.25, 0.3) is 0 Å². The van der Waals surface area contributed by atoms with Crippen LogP contribution in [0, 0.1) is 0 Å². The minimum absolute atomic E-state index is 0. The molecule has 0 aromatic rings. The molecule has 1 amide bonds. The average molecular weight is 179 g/mol. The van der Waals surface area contributed by atoms with E-state index in [2.05, 4.69) is 5.32 Å². The highest BCUT2D eigenvalue weighted by atomic mass is 35.5. The molecule has 5 heteroatoms. The molecule has 0 saturated carbocycles. The van der Waals surface area contributed by atoms with Gasteiger partial charge in [-0.2, -0.15) is 0 Å². The van der Waals surface area contributed by atoms with Crippen molar-refractivity contribution >= 4 is 18.3 Å². The van der Waals surface area contributed by atoms with Crippen LogP contribution in [0.3, 0.4) is 0 Å². The Morgan fingerprint density at radius 2 is 2.45 bits per heavy atom. The molecule has 2 saturated heterocycles. The van der Waals surface area contributed by atoms with Crippen LogP contribution in [0.2, 0.25) is 0 Å². The van der Waals surface area contributed by atoms with Gasteiger partial charge in [0.05, 0.1) is 12.7 Å². The first-order chi connectivity index (χ1) is 4.71. The molecule has 2 rings (SSSR count). The summed E-state index contributed by atoms with van der Waals surface area (Å²) in [5.74, 6) is -0.0683. The van der Waals surface area contributed by atoms with E-state index >= 15 is 0 Å². The highest BCUT2D eigenvalue weighted by molar-refractivity contribution is 5.87. The number of ether oxygens (including phenoxy) is 1. The van der Waals surface area contributed by atoms with Crippen LogP contribution in [0.4, 0.5) is 0 Å². The highest BCUT2D eigenvalue weighted by Crippen LogP contribution is 2.24. The number of rotatable bonds is 0. The molecule has 4 nitrogen and oxygen atoms in total. The Kier molecular flexibility index (Phi) is 2.09. The first-order valence-electron chi connectivity index (χ1n) is 3.39. The minimum Gasteiger partial charge on any atom is -0.374 e. The number of fused-ring (bicyclic) bond motifs is 2. The maximum Gasteiger partial charge on any atom is 0.242 e. The number of hydrogen-bond donors (Lipinski definition) is 2. The molecular weight excluding hydrogens is 168 g/mol. The van der Waals surface area contributed by atoms with E-state index in [1.54, 1.807) is 0 Å². The van der Waals surface area contributed by atoms with Crippen molar-refractivity contribution in [1.29, 1.82) is 0 Å². The van der Waals surface area contributed by atoms with Crippen LogP contribution in [0.5, 0.6) is 0 Å². The summed E-state index contributed by atoms with van der Waals surface area (Å²) in [6, 6.07) is 0. The molecule has 0 aromatic heterocycles. The summed E-state index contributed by atoms with van der Waals surface area (Å²) >= 11 is 0. The van der Waals surface area contributed by atoms with Crippen molar-refractivity contribution in [3.63, 3.8) is 0 Å². The van der Waals surface area contributed by atoms with Crippen molar-refractivity contribution < 1.29 is 9.53 Å². The van der Waals surface area contributed by atoms with Gasteiger partial charge in [-0.15, -0.1) is 12.4 Å². The van der Waals surface area contributed by atoms with Gasteiger partial charge in [-0.25, -0.2) is 0 Å². The smallest absolute Gasteiger partial charge is 0.242 e. The zero-order valence-corrected chi connectivity index (χ0v) is 6.82. The van der Waals surface area contributed by atoms with Crippen molar-refractivity contribution in [3.05, 3.63) is 0 Å². The molecule has 0 spiro atoms. The van der Waals surface area contributed by atoms with Gasteiger partial charge in [0.15, 0.2) is 0 Å². The predicted octanol–water partition coefficient (Wildman–Crippen LogP) is -0.976. The summed E-state index contributed by atoms with van der Waals surface area (Å²) in [5.41, 5.74) is 4.99. The second-order valence-corrected chi connectivity index (χ2v) is 3.00. The van der Waals surface area contributed by atoms with Crippen molar-refractivity contribution in [1.82, 2.24) is 5.32 Å². The summed E-state index contributed by atoms with van der Waals surface area (Å²) in [5, 5.41) is 2.70. The van der Waals surface area contributed by atoms with E-state index in [1.807, 2.05) is 0 Å². The first-order valence-corrected chi connectivity index (χ1v) is 3.39. The summed E-state index contributed by atoms with van der Waals surface area (Å²) in [6.07, 6.45) is 0.835. The van der Waals surface area contributed by atoms with Gasteiger partial charge in [-0.1, -0.05) is 0 Å². The van der Waals surface area contributed by atoms with E-state index < -0.39 is 5.54 Å². The van der Waals surface area contributed by atoms with E-state index in [-0.39, 0.29) is 24.4 Å². The minimum atomic E-state index is -0.719. The Hall–Kier alpha value is -0.320. The lowest BCUT2D eigenvalue weighted by Crippen LogP contribution is -2.58. The van der Waals surface area contributed by atoms with Crippen LogP contribution in [0.1, 0.15) is 6.42 Å². The fourth-order valence-corrected chi connectivity index (χ4v) is 1.46. The highest BCUT2D eigenvalue weighted by Gasteiger charge is 2.46. The number of amides is 1. The summed E-state index contributed by atoms with van der Waals surface area (Å²) in [7, 11) is 0. The van der Waals surface area contributed by atoms with Gasteiger partial charge in [-0.3, -0.25) is 4.79 Å². The molecule has 0 radical (unpaired) electrons. The standard InChI is InChI=1S/C6H10N2O2.ClH/c7-6-1-4(10-3-6)2-8-5(6)9;/h4H,1-3,7H2,(H,8,9);1H. The Morgan fingerprint density at radius 3 is 3.09 bits per heavy atom. The van der Waals surface area contributed by atoms with Gasteiger partial charge < -0.3 is 15.8 Å². The van der Waals surface area contributed by atoms with Crippen molar-refractivity contribution in [2.24, 2.45) is 5.73 Å². The lowest BCUT2D eigenvalue weighted by molar-refractivity contribution is -0.126. The molecule has 2 unspecified atom stereocenters. The van der Waals surface area contributed by atoms with E-state index in [9.17, 15) is 4.79 Å². The van der Waals surface area contributed by atoms with Gasteiger partial charge in [0.2, 0.25) is 5.91 Å². The molecule has 3 N–H and O–H groups in total. The average Bonchev–Trinajstić information content (AvgIpc) is 2.22. The quantitative estimate of drug-likeness (QED) is 0.502. The molecular formula is C6H11ClN2O2. The predicted molar refractivity (Wildman–Crippen MR) is 41.5 cm³/mol. The molecule has 11 heavy (non-hydrogen) atoms.